The van der Waals surface area contributed by atoms with E-state index in [2.05, 4.69) is 0 Å². The van der Waals surface area contributed by atoms with Crippen LogP contribution in [0.25, 0.3) is 0 Å². The highest BCUT2D eigenvalue weighted by atomic mass is 19.3. The molecule has 8 heteroatoms. The lowest BCUT2D eigenvalue weighted by Gasteiger charge is -2.15. The van der Waals surface area contributed by atoms with E-state index in [1.807, 2.05) is 0 Å². The Kier molecular flexibility index (Phi) is 3.65. The van der Waals surface area contributed by atoms with E-state index in [1.54, 1.807) is 5.32 Å². The smallest absolute Gasteiger partial charge is 0.383 e. The van der Waals surface area contributed by atoms with Gasteiger partial charge in [0.25, 0.3) is 0 Å². The van der Waals surface area contributed by atoms with Gasteiger partial charge in [0, 0.05) is 5.69 Å². The predicted molar refractivity (Wildman–Crippen MR) is 64.6 cm³/mol. The summed E-state index contributed by atoms with van der Waals surface area (Å²) in [5.74, 6) is -7.87. The number of benzene rings is 1. The molecule has 1 aliphatic carbocycles. The summed E-state index contributed by atoms with van der Waals surface area (Å²) in [6.45, 7) is 0. The van der Waals surface area contributed by atoms with E-state index in [0.29, 0.717) is 18.4 Å². The lowest BCUT2D eigenvalue weighted by molar-refractivity contribution is -0.163. The summed E-state index contributed by atoms with van der Waals surface area (Å²) in [6.07, 6.45) is -3.16. The molecule has 21 heavy (non-hydrogen) atoms. The topological polar surface area (TPSA) is 66.4 Å². The van der Waals surface area contributed by atoms with Gasteiger partial charge in [0.1, 0.15) is 0 Å². The number of anilines is 1. The minimum absolute atomic E-state index is 0.106. The second-order valence-electron chi connectivity index (χ2n) is 4.84. The summed E-state index contributed by atoms with van der Waals surface area (Å²) in [5, 5.41) is 10.8. The average Bonchev–Trinajstić information content (AvgIpc) is 3.20. The Balaban J connectivity index is 2.11. The van der Waals surface area contributed by atoms with Gasteiger partial charge in [0.15, 0.2) is 0 Å². The number of rotatable bonds is 5. The Hall–Kier alpha value is -2.12. The van der Waals surface area contributed by atoms with Gasteiger partial charge in [-0.25, -0.2) is 8.78 Å². The molecule has 0 radical (unpaired) electrons. The molecule has 4 nitrogen and oxygen atoms in total. The average molecular weight is 305 g/mol. The Morgan fingerprint density at radius 1 is 1.19 bits per heavy atom. The molecule has 0 spiro atoms. The second-order valence-corrected chi connectivity index (χ2v) is 4.84. The molecule has 0 aliphatic heterocycles. The lowest BCUT2D eigenvalue weighted by Crippen LogP contribution is -2.40. The Morgan fingerprint density at radius 3 is 2.10 bits per heavy atom. The van der Waals surface area contributed by atoms with Gasteiger partial charge in [-0.05, 0) is 30.5 Å². The maximum Gasteiger partial charge on any atom is 0.383 e. The van der Waals surface area contributed by atoms with Gasteiger partial charge in [0.2, 0.25) is 0 Å². The largest absolute Gasteiger partial charge is 0.481 e. The van der Waals surface area contributed by atoms with E-state index in [9.17, 15) is 27.2 Å². The number of carbonyl (C=O) groups is 2. The quantitative estimate of drug-likeness (QED) is 0.822. The van der Waals surface area contributed by atoms with E-state index in [0.717, 1.165) is 0 Å². The van der Waals surface area contributed by atoms with Crippen LogP contribution in [0.4, 0.5) is 23.2 Å². The molecule has 1 aromatic rings. The van der Waals surface area contributed by atoms with Crippen molar-refractivity contribution < 1.29 is 32.3 Å². The van der Waals surface area contributed by atoms with Crippen molar-refractivity contribution in [3.05, 3.63) is 29.8 Å². The molecule has 0 heterocycles. The summed E-state index contributed by atoms with van der Waals surface area (Å²) in [5.41, 5.74) is -0.589. The van der Waals surface area contributed by atoms with Gasteiger partial charge in [-0.15, -0.1) is 0 Å². The number of nitrogens with one attached hydrogen (secondary N) is 1. The van der Waals surface area contributed by atoms with E-state index >= 15 is 0 Å². The first-order chi connectivity index (χ1) is 9.70. The Bertz CT molecular complexity index is 567. The molecule has 0 bridgehead atoms. The normalized spacial score (nSPS) is 16.6. The van der Waals surface area contributed by atoms with Crippen molar-refractivity contribution in [3.8, 4) is 0 Å². The van der Waals surface area contributed by atoms with Crippen molar-refractivity contribution in [1.82, 2.24) is 0 Å². The summed E-state index contributed by atoms with van der Waals surface area (Å²) in [4.78, 5) is 22.1. The number of carboxylic acid groups (broad SMARTS) is 1. The van der Waals surface area contributed by atoms with Crippen molar-refractivity contribution in [1.29, 1.82) is 0 Å². The summed E-state index contributed by atoms with van der Waals surface area (Å²) in [6, 6.07) is 5.16. The van der Waals surface area contributed by atoms with E-state index < -0.39 is 29.6 Å². The fraction of sp³-hybridized carbons (Fsp3) is 0.385. The van der Waals surface area contributed by atoms with Crippen LogP contribution in [0.5, 0.6) is 0 Å². The standard InChI is InChI=1S/C13H11F4NO3/c14-9(15)13(16,17)10(19)18-8-3-1-7(2-4-8)12(5-6-12)11(20)21/h1-4,9H,5-6H2,(H,18,19)(H,20,21). The number of carboxylic acids is 1. The van der Waals surface area contributed by atoms with Gasteiger partial charge >= 0.3 is 24.2 Å². The van der Waals surface area contributed by atoms with Crippen LogP contribution in [-0.2, 0) is 15.0 Å². The maximum absolute atomic E-state index is 12.8. The van der Waals surface area contributed by atoms with Crippen molar-refractivity contribution in [2.45, 2.75) is 30.6 Å². The number of hydrogen-bond donors (Lipinski definition) is 2. The molecule has 1 saturated carbocycles. The first kappa shape index (κ1) is 15.3. The van der Waals surface area contributed by atoms with Crippen molar-refractivity contribution >= 4 is 17.6 Å². The summed E-state index contributed by atoms with van der Waals surface area (Å²) >= 11 is 0. The minimum Gasteiger partial charge on any atom is -0.481 e. The van der Waals surface area contributed by atoms with Gasteiger partial charge in [-0.3, -0.25) is 9.59 Å². The number of halogens is 4. The summed E-state index contributed by atoms with van der Waals surface area (Å²) in [7, 11) is 0. The third kappa shape index (κ3) is 2.70. The molecule has 1 amide bonds. The Labute approximate surface area is 116 Å². The zero-order valence-electron chi connectivity index (χ0n) is 10.6. The number of alkyl halides is 4. The van der Waals surface area contributed by atoms with Crippen LogP contribution in [0.2, 0.25) is 0 Å². The molecule has 0 aromatic heterocycles. The minimum atomic E-state index is -4.78. The van der Waals surface area contributed by atoms with Gasteiger partial charge in [-0.2, -0.15) is 8.78 Å². The fourth-order valence-corrected chi connectivity index (χ4v) is 1.94. The number of amides is 1. The molecule has 2 rings (SSSR count). The molecule has 2 N–H and O–H groups in total. The molecular formula is C13H11F4NO3. The van der Waals surface area contributed by atoms with Crippen LogP contribution in [-0.4, -0.2) is 29.3 Å². The number of carbonyl (C=O) groups excluding carboxylic acids is 1. The highest BCUT2D eigenvalue weighted by Gasteiger charge is 2.52. The molecule has 1 fully saturated rings. The Morgan fingerprint density at radius 2 is 1.71 bits per heavy atom. The number of aliphatic carboxylic acids is 1. The van der Waals surface area contributed by atoms with E-state index in [-0.39, 0.29) is 5.69 Å². The number of hydrogen-bond acceptors (Lipinski definition) is 2. The molecule has 1 aromatic carbocycles. The third-order valence-corrected chi connectivity index (χ3v) is 3.43. The van der Waals surface area contributed by atoms with E-state index in [1.165, 1.54) is 24.3 Å². The first-order valence-corrected chi connectivity index (χ1v) is 6.01. The van der Waals surface area contributed by atoms with Crippen LogP contribution >= 0.6 is 0 Å². The molecule has 1 aliphatic rings. The van der Waals surface area contributed by atoms with Gasteiger partial charge < -0.3 is 10.4 Å². The molecule has 0 unspecified atom stereocenters. The highest BCUT2D eigenvalue weighted by molar-refractivity contribution is 5.96. The van der Waals surface area contributed by atoms with Gasteiger partial charge in [-0.1, -0.05) is 12.1 Å². The maximum atomic E-state index is 12.8. The van der Waals surface area contributed by atoms with Crippen LogP contribution in [0.1, 0.15) is 18.4 Å². The first-order valence-electron chi connectivity index (χ1n) is 6.01. The van der Waals surface area contributed by atoms with E-state index in [4.69, 9.17) is 5.11 Å². The van der Waals surface area contributed by atoms with Crippen LogP contribution in [0.3, 0.4) is 0 Å². The molecule has 0 saturated heterocycles. The monoisotopic (exact) mass is 305 g/mol. The van der Waals surface area contributed by atoms with Crippen molar-refractivity contribution in [2.75, 3.05) is 5.32 Å². The molecule has 114 valence electrons. The van der Waals surface area contributed by atoms with Gasteiger partial charge in [0.05, 0.1) is 5.41 Å². The van der Waals surface area contributed by atoms with Crippen LogP contribution < -0.4 is 5.32 Å². The summed E-state index contributed by atoms with van der Waals surface area (Å²) < 4.78 is 49.6. The van der Waals surface area contributed by atoms with Crippen molar-refractivity contribution in [2.24, 2.45) is 0 Å². The SMILES string of the molecule is O=C(O)C1(c2ccc(NC(=O)C(F)(F)C(F)F)cc2)CC1. The zero-order chi connectivity index (χ0) is 15.8. The highest BCUT2D eigenvalue weighted by Crippen LogP contribution is 2.48. The van der Waals surface area contributed by atoms with Crippen molar-refractivity contribution in [3.63, 3.8) is 0 Å². The lowest BCUT2D eigenvalue weighted by atomic mass is 9.96. The second kappa shape index (κ2) is 5.01. The van der Waals surface area contributed by atoms with Crippen LogP contribution in [0, 0.1) is 0 Å². The predicted octanol–water partition coefficient (Wildman–Crippen LogP) is 2.64. The zero-order valence-corrected chi connectivity index (χ0v) is 10.6. The van der Waals surface area contributed by atoms with Crippen LogP contribution in [0.15, 0.2) is 24.3 Å². The third-order valence-electron chi connectivity index (χ3n) is 3.43. The molecular weight excluding hydrogens is 294 g/mol. The fourth-order valence-electron chi connectivity index (χ4n) is 1.94. The molecule has 0 atom stereocenters.